The maximum absolute atomic E-state index is 10.9. The van der Waals surface area contributed by atoms with Crippen LogP contribution in [0.1, 0.15) is 15.9 Å². The zero-order valence-electron chi connectivity index (χ0n) is 8.95. The molecule has 0 aliphatic carbocycles. The monoisotopic (exact) mass is 235 g/mol. The molecule has 0 aliphatic heterocycles. The van der Waals surface area contributed by atoms with Crippen molar-refractivity contribution >= 4 is 28.8 Å². The predicted molar refractivity (Wildman–Crippen MR) is 63.4 cm³/mol. The van der Waals surface area contributed by atoms with Gasteiger partial charge in [-0.25, -0.2) is 4.98 Å². The van der Waals surface area contributed by atoms with Crippen LogP contribution in [0.15, 0.2) is 18.2 Å². The number of hydrogen-bond donors (Lipinski definition) is 0. The Labute approximate surface area is 98.0 Å². The molecule has 2 rings (SSSR count). The number of nitrogens with zero attached hydrogens (tertiary/aromatic N) is 1. The van der Waals surface area contributed by atoms with Crippen LogP contribution in [0.5, 0.6) is 5.75 Å². The Bertz CT molecular complexity index is 566. The fraction of sp³-hybridized carbons (Fsp3) is 0.167. The molecule has 2 aromatic rings. The number of ether oxygens (including phenoxy) is 1. The SMILES string of the molecule is COc1ccc2c(C)c(C=O)c(Cl)nc2c1. The van der Waals surface area contributed by atoms with Gasteiger partial charge in [0.15, 0.2) is 6.29 Å². The molecule has 4 heteroatoms. The Morgan fingerprint density at radius 1 is 1.44 bits per heavy atom. The normalized spacial score (nSPS) is 10.4. The maximum Gasteiger partial charge on any atom is 0.153 e. The van der Waals surface area contributed by atoms with Gasteiger partial charge in [-0.2, -0.15) is 0 Å². The third-order valence-electron chi connectivity index (χ3n) is 2.57. The lowest BCUT2D eigenvalue weighted by Gasteiger charge is -2.07. The van der Waals surface area contributed by atoms with Gasteiger partial charge < -0.3 is 4.74 Å². The Balaban J connectivity index is 2.81. The predicted octanol–water partition coefficient (Wildman–Crippen LogP) is 3.02. The molecule has 0 saturated heterocycles. The van der Waals surface area contributed by atoms with Crippen LogP contribution in [-0.4, -0.2) is 18.4 Å². The lowest BCUT2D eigenvalue weighted by molar-refractivity contribution is 0.112. The summed E-state index contributed by atoms with van der Waals surface area (Å²) in [6.07, 6.45) is 0.730. The van der Waals surface area contributed by atoms with E-state index in [2.05, 4.69) is 4.98 Å². The summed E-state index contributed by atoms with van der Waals surface area (Å²) in [6, 6.07) is 5.50. The lowest BCUT2D eigenvalue weighted by Crippen LogP contribution is -1.94. The Morgan fingerprint density at radius 3 is 2.81 bits per heavy atom. The van der Waals surface area contributed by atoms with Crippen LogP contribution in [0.2, 0.25) is 5.15 Å². The highest BCUT2D eigenvalue weighted by Crippen LogP contribution is 2.27. The summed E-state index contributed by atoms with van der Waals surface area (Å²) in [5.41, 5.74) is 2.01. The summed E-state index contributed by atoms with van der Waals surface area (Å²) in [6.45, 7) is 1.85. The lowest BCUT2D eigenvalue weighted by atomic mass is 10.1. The summed E-state index contributed by atoms with van der Waals surface area (Å²) < 4.78 is 5.11. The van der Waals surface area contributed by atoms with Crippen LogP contribution in [0.3, 0.4) is 0 Å². The van der Waals surface area contributed by atoms with E-state index in [9.17, 15) is 4.79 Å². The third-order valence-corrected chi connectivity index (χ3v) is 2.86. The van der Waals surface area contributed by atoms with Gasteiger partial charge in [-0.3, -0.25) is 4.79 Å². The number of pyridine rings is 1. The highest BCUT2D eigenvalue weighted by atomic mass is 35.5. The fourth-order valence-electron chi connectivity index (χ4n) is 1.65. The first-order valence-electron chi connectivity index (χ1n) is 4.76. The van der Waals surface area contributed by atoms with Gasteiger partial charge in [-0.1, -0.05) is 11.6 Å². The van der Waals surface area contributed by atoms with Gasteiger partial charge in [-0.05, 0) is 24.6 Å². The Morgan fingerprint density at radius 2 is 2.19 bits per heavy atom. The van der Waals surface area contributed by atoms with Gasteiger partial charge in [0, 0.05) is 11.5 Å². The van der Waals surface area contributed by atoms with Crippen molar-refractivity contribution in [3.63, 3.8) is 0 Å². The van der Waals surface area contributed by atoms with E-state index in [1.54, 1.807) is 13.2 Å². The number of aromatic nitrogens is 1. The number of fused-ring (bicyclic) bond motifs is 1. The quantitative estimate of drug-likeness (QED) is 0.593. The van der Waals surface area contributed by atoms with Gasteiger partial charge in [0.2, 0.25) is 0 Å². The second-order valence-corrected chi connectivity index (χ2v) is 3.80. The van der Waals surface area contributed by atoms with Crippen LogP contribution >= 0.6 is 11.6 Å². The number of carbonyl (C=O) groups is 1. The molecule has 82 valence electrons. The minimum absolute atomic E-state index is 0.230. The molecular weight excluding hydrogens is 226 g/mol. The molecule has 0 fully saturated rings. The summed E-state index contributed by atoms with van der Waals surface area (Å²) in [5.74, 6) is 0.717. The maximum atomic E-state index is 10.9. The summed E-state index contributed by atoms with van der Waals surface area (Å²) in [7, 11) is 1.59. The summed E-state index contributed by atoms with van der Waals surface area (Å²) in [5, 5.41) is 1.14. The molecule has 0 spiro atoms. The van der Waals surface area contributed by atoms with Gasteiger partial charge >= 0.3 is 0 Å². The van der Waals surface area contributed by atoms with Crippen molar-refractivity contribution in [3.05, 3.63) is 34.5 Å². The molecule has 0 saturated carbocycles. The molecule has 3 nitrogen and oxygen atoms in total. The van der Waals surface area contributed by atoms with E-state index in [-0.39, 0.29) is 5.15 Å². The molecule has 0 N–H and O–H groups in total. The Hall–Kier alpha value is -1.61. The van der Waals surface area contributed by atoms with E-state index in [4.69, 9.17) is 16.3 Å². The molecule has 0 bridgehead atoms. The van der Waals surface area contributed by atoms with Crippen molar-refractivity contribution in [1.82, 2.24) is 4.98 Å². The number of aldehydes is 1. The van der Waals surface area contributed by atoms with Gasteiger partial charge in [0.25, 0.3) is 0 Å². The molecule has 16 heavy (non-hydrogen) atoms. The minimum Gasteiger partial charge on any atom is -0.497 e. The van der Waals surface area contributed by atoms with Gasteiger partial charge in [-0.15, -0.1) is 0 Å². The molecule has 1 aromatic carbocycles. The number of benzene rings is 1. The van der Waals surface area contributed by atoms with Crippen LogP contribution in [-0.2, 0) is 0 Å². The largest absolute Gasteiger partial charge is 0.497 e. The van der Waals surface area contributed by atoms with Crippen LogP contribution < -0.4 is 4.74 Å². The zero-order valence-corrected chi connectivity index (χ0v) is 9.71. The average molecular weight is 236 g/mol. The van der Waals surface area contributed by atoms with E-state index in [1.165, 1.54) is 0 Å². The number of hydrogen-bond acceptors (Lipinski definition) is 3. The number of halogens is 1. The van der Waals surface area contributed by atoms with E-state index in [1.807, 2.05) is 19.1 Å². The van der Waals surface area contributed by atoms with E-state index < -0.39 is 0 Å². The molecule has 0 radical (unpaired) electrons. The minimum atomic E-state index is 0.230. The first-order valence-corrected chi connectivity index (χ1v) is 5.14. The summed E-state index contributed by atoms with van der Waals surface area (Å²) in [4.78, 5) is 15.0. The first-order chi connectivity index (χ1) is 7.67. The molecule has 0 aliphatic rings. The highest BCUT2D eigenvalue weighted by Gasteiger charge is 2.10. The molecule has 1 heterocycles. The second-order valence-electron chi connectivity index (χ2n) is 3.44. The van der Waals surface area contributed by atoms with Crippen LogP contribution in [0.4, 0.5) is 0 Å². The first kappa shape index (κ1) is 10.9. The smallest absolute Gasteiger partial charge is 0.153 e. The molecule has 0 unspecified atom stereocenters. The van der Waals surface area contributed by atoms with E-state index >= 15 is 0 Å². The van der Waals surface area contributed by atoms with Crippen molar-refractivity contribution in [2.45, 2.75) is 6.92 Å². The van der Waals surface area contributed by atoms with Crippen molar-refractivity contribution in [2.24, 2.45) is 0 Å². The van der Waals surface area contributed by atoms with E-state index in [0.717, 1.165) is 22.8 Å². The second kappa shape index (κ2) is 4.10. The molecular formula is C12H10ClNO2. The van der Waals surface area contributed by atoms with Crippen molar-refractivity contribution in [2.75, 3.05) is 7.11 Å². The third kappa shape index (κ3) is 1.63. The molecule has 1 aromatic heterocycles. The van der Waals surface area contributed by atoms with E-state index in [0.29, 0.717) is 11.3 Å². The van der Waals surface area contributed by atoms with Crippen molar-refractivity contribution in [1.29, 1.82) is 0 Å². The highest BCUT2D eigenvalue weighted by molar-refractivity contribution is 6.32. The fourth-order valence-corrected chi connectivity index (χ4v) is 1.93. The van der Waals surface area contributed by atoms with Crippen LogP contribution in [0.25, 0.3) is 10.9 Å². The summed E-state index contributed by atoms with van der Waals surface area (Å²) >= 11 is 5.92. The van der Waals surface area contributed by atoms with Crippen LogP contribution in [0, 0.1) is 6.92 Å². The number of aryl methyl sites for hydroxylation is 1. The zero-order chi connectivity index (χ0) is 11.7. The number of methoxy groups -OCH3 is 1. The Kier molecular flexibility index (Phi) is 2.79. The number of rotatable bonds is 2. The topological polar surface area (TPSA) is 39.2 Å². The molecule has 0 atom stereocenters. The molecule has 0 amide bonds. The average Bonchev–Trinajstić information content (AvgIpc) is 2.28. The van der Waals surface area contributed by atoms with Gasteiger partial charge in [0.05, 0.1) is 18.2 Å². The van der Waals surface area contributed by atoms with Crippen molar-refractivity contribution < 1.29 is 9.53 Å². The van der Waals surface area contributed by atoms with Gasteiger partial charge in [0.1, 0.15) is 10.9 Å². The van der Waals surface area contributed by atoms with Crippen molar-refractivity contribution in [3.8, 4) is 5.75 Å². The number of carbonyl (C=O) groups excluding carboxylic acids is 1. The standard InChI is InChI=1S/C12H10ClNO2/c1-7-9-4-3-8(16-2)5-11(9)14-12(13)10(7)6-15/h3-6H,1-2H3.